The molecule has 0 aliphatic rings. The van der Waals surface area contributed by atoms with E-state index in [-0.39, 0.29) is 5.91 Å². The first-order valence-corrected chi connectivity index (χ1v) is 7.26. The van der Waals surface area contributed by atoms with Crippen molar-refractivity contribution >= 4 is 11.9 Å². The minimum Gasteiger partial charge on any atom is -0.427 e. The van der Waals surface area contributed by atoms with Crippen LogP contribution in [0.5, 0.6) is 5.75 Å². The Morgan fingerprint density at radius 3 is 2.55 bits per heavy atom. The number of carbonyl (C=O) groups is 2. The molecule has 0 aliphatic heterocycles. The van der Waals surface area contributed by atoms with Crippen molar-refractivity contribution in [3.05, 3.63) is 65.7 Å². The number of amides is 1. The molecule has 2 aromatic carbocycles. The van der Waals surface area contributed by atoms with Gasteiger partial charge in [-0.15, -0.1) is 0 Å². The van der Waals surface area contributed by atoms with Gasteiger partial charge < -0.3 is 10.1 Å². The number of aryl methyl sites for hydroxylation is 1. The van der Waals surface area contributed by atoms with Crippen molar-refractivity contribution in [2.24, 2.45) is 0 Å². The van der Waals surface area contributed by atoms with Crippen molar-refractivity contribution < 1.29 is 14.3 Å². The molecule has 0 radical (unpaired) electrons. The van der Waals surface area contributed by atoms with Gasteiger partial charge in [-0.25, -0.2) is 0 Å². The second-order valence-electron chi connectivity index (χ2n) is 4.97. The number of carbonyl (C=O) groups excluding carboxylic acids is 2. The zero-order chi connectivity index (χ0) is 15.8. The molecule has 4 nitrogen and oxygen atoms in total. The van der Waals surface area contributed by atoms with Gasteiger partial charge in [0.1, 0.15) is 5.75 Å². The van der Waals surface area contributed by atoms with Crippen molar-refractivity contribution in [1.82, 2.24) is 5.32 Å². The fourth-order valence-corrected chi connectivity index (χ4v) is 2.11. The lowest BCUT2D eigenvalue weighted by atomic mass is 10.1. The molecule has 1 amide bonds. The molecule has 0 atom stereocenters. The van der Waals surface area contributed by atoms with E-state index < -0.39 is 5.97 Å². The first-order chi connectivity index (χ1) is 10.6. The Hall–Kier alpha value is -2.62. The molecule has 0 aliphatic carbocycles. The van der Waals surface area contributed by atoms with Gasteiger partial charge in [0.15, 0.2) is 0 Å². The minimum absolute atomic E-state index is 0.165. The maximum atomic E-state index is 12.0. The molecule has 0 saturated heterocycles. The fourth-order valence-electron chi connectivity index (χ4n) is 2.11. The van der Waals surface area contributed by atoms with Gasteiger partial charge >= 0.3 is 5.97 Å². The summed E-state index contributed by atoms with van der Waals surface area (Å²) in [7, 11) is 0. The van der Waals surface area contributed by atoms with Gasteiger partial charge in [0.2, 0.25) is 0 Å². The number of rotatable bonds is 6. The van der Waals surface area contributed by atoms with Crippen LogP contribution in [0.4, 0.5) is 0 Å². The average Bonchev–Trinajstić information content (AvgIpc) is 2.52. The number of benzene rings is 2. The highest BCUT2D eigenvalue weighted by molar-refractivity contribution is 5.94. The standard InChI is InChI=1S/C18H19NO3/c1-14(20)22-17-11-5-10-16(13-17)18(21)19-12-6-9-15-7-3-2-4-8-15/h2-5,7-8,10-11,13H,6,9,12H2,1H3,(H,19,21). The zero-order valence-electron chi connectivity index (χ0n) is 12.5. The molecule has 0 fully saturated rings. The molecule has 4 heteroatoms. The number of hydrogen-bond donors (Lipinski definition) is 1. The van der Waals surface area contributed by atoms with Gasteiger partial charge in [0.25, 0.3) is 5.91 Å². The number of esters is 1. The van der Waals surface area contributed by atoms with Gasteiger partial charge in [-0.2, -0.15) is 0 Å². The molecule has 114 valence electrons. The summed E-state index contributed by atoms with van der Waals surface area (Å²) in [5.74, 6) is -0.188. The van der Waals surface area contributed by atoms with Crippen LogP contribution in [0.3, 0.4) is 0 Å². The monoisotopic (exact) mass is 297 g/mol. The highest BCUT2D eigenvalue weighted by atomic mass is 16.5. The molecule has 0 bridgehead atoms. The van der Waals surface area contributed by atoms with Crippen LogP contribution in [0, 0.1) is 0 Å². The Balaban J connectivity index is 1.81. The van der Waals surface area contributed by atoms with Crippen LogP contribution in [0.2, 0.25) is 0 Å². The van der Waals surface area contributed by atoms with E-state index in [4.69, 9.17) is 4.74 Å². The van der Waals surface area contributed by atoms with Crippen LogP contribution in [-0.2, 0) is 11.2 Å². The van der Waals surface area contributed by atoms with Crippen LogP contribution in [0.15, 0.2) is 54.6 Å². The predicted octanol–water partition coefficient (Wildman–Crippen LogP) is 2.97. The summed E-state index contributed by atoms with van der Waals surface area (Å²) in [4.78, 5) is 23.0. The Labute approximate surface area is 130 Å². The highest BCUT2D eigenvalue weighted by Crippen LogP contribution is 2.13. The molecule has 22 heavy (non-hydrogen) atoms. The maximum Gasteiger partial charge on any atom is 0.308 e. The lowest BCUT2D eigenvalue weighted by molar-refractivity contribution is -0.131. The van der Waals surface area contributed by atoms with Crippen LogP contribution in [0.1, 0.15) is 29.3 Å². The van der Waals surface area contributed by atoms with Crippen molar-refractivity contribution in [3.8, 4) is 5.75 Å². The largest absolute Gasteiger partial charge is 0.427 e. The summed E-state index contributed by atoms with van der Waals surface area (Å²) in [5, 5.41) is 2.87. The SMILES string of the molecule is CC(=O)Oc1cccc(C(=O)NCCCc2ccccc2)c1. The smallest absolute Gasteiger partial charge is 0.308 e. The van der Waals surface area contributed by atoms with Crippen LogP contribution in [0.25, 0.3) is 0 Å². The van der Waals surface area contributed by atoms with Gasteiger partial charge in [0.05, 0.1) is 0 Å². The second kappa shape index (κ2) is 7.98. The number of ether oxygens (including phenoxy) is 1. The summed E-state index contributed by atoms with van der Waals surface area (Å²) in [6, 6.07) is 16.7. The van der Waals surface area contributed by atoms with E-state index in [1.165, 1.54) is 12.5 Å². The molecule has 0 aromatic heterocycles. The molecule has 2 aromatic rings. The van der Waals surface area contributed by atoms with E-state index in [1.807, 2.05) is 18.2 Å². The number of nitrogens with one attached hydrogen (secondary N) is 1. The predicted molar refractivity (Wildman–Crippen MR) is 84.8 cm³/mol. The highest BCUT2D eigenvalue weighted by Gasteiger charge is 2.07. The van der Waals surface area contributed by atoms with E-state index in [1.54, 1.807) is 24.3 Å². The van der Waals surface area contributed by atoms with E-state index in [2.05, 4.69) is 17.4 Å². The molecular formula is C18H19NO3. The van der Waals surface area contributed by atoms with Crippen molar-refractivity contribution in [1.29, 1.82) is 0 Å². The molecule has 1 N–H and O–H groups in total. The lowest BCUT2D eigenvalue weighted by Crippen LogP contribution is -2.24. The zero-order valence-corrected chi connectivity index (χ0v) is 12.5. The quantitative estimate of drug-likeness (QED) is 0.506. The lowest BCUT2D eigenvalue weighted by Gasteiger charge is -2.07. The molecule has 0 saturated carbocycles. The Bertz CT molecular complexity index is 638. The summed E-state index contributed by atoms with van der Waals surface area (Å²) < 4.78 is 4.97. The Morgan fingerprint density at radius 1 is 1.05 bits per heavy atom. The van der Waals surface area contributed by atoms with E-state index in [0.717, 1.165) is 12.8 Å². The number of hydrogen-bond acceptors (Lipinski definition) is 3. The molecular weight excluding hydrogens is 278 g/mol. The second-order valence-corrected chi connectivity index (χ2v) is 4.97. The van der Waals surface area contributed by atoms with Gasteiger partial charge in [-0.05, 0) is 36.6 Å². The summed E-state index contributed by atoms with van der Waals surface area (Å²) in [6.45, 7) is 1.93. The van der Waals surface area contributed by atoms with E-state index >= 15 is 0 Å². The van der Waals surface area contributed by atoms with E-state index in [9.17, 15) is 9.59 Å². The molecule has 0 spiro atoms. The van der Waals surface area contributed by atoms with Crippen molar-refractivity contribution in [3.63, 3.8) is 0 Å². The van der Waals surface area contributed by atoms with Gasteiger partial charge in [0, 0.05) is 19.0 Å². The van der Waals surface area contributed by atoms with Gasteiger partial charge in [-0.3, -0.25) is 9.59 Å². The van der Waals surface area contributed by atoms with Crippen molar-refractivity contribution in [2.45, 2.75) is 19.8 Å². The summed E-state index contributed by atoms with van der Waals surface area (Å²) in [6.07, 6.45) is 1.80. The topological polar surface area (TPSA) is 55.4 Å². The third-order valence-electron chi connectivity index (χ3n) is 3.13. The van der Waals surface area contributed by atoms with E-state index in [0.29, 0.717) is 17.9 Å². The van der Waals surface area contributed by atoms with Crippen molar-refractivity contribution in [2.75, 3.05) is 6.54 Å². The fraction of sp³-hybridized carbons (Fsp3) is 0.222. The van der Waals surface area contributed by atoms with Crippen LogP contribution in [-0.4, -0.2) is 18.4 Å². The first kappa shape index (κ1) is 15.8. The molecule has 0 unspecified atom stereocenters. The maximum absolute atomic E-state index is 12.0. The van der Waals surface area contributed by atoms with Gasteiger partial charge in [-0.1, -0.05) is 36.4 Å². The third-order valence-corrected chi connectivity index (χ3v) is 3.13. The third kappa shape index (κ3) is 5.05. The molecule has 0 heterocycles. The minimum atomic E-state index is -0.402. The Morgan fingerprint density at radius 2 is 1.82 bits per heavy atom. The van der Waals surface area contributed by atoms with Crippen LogP contribution < -0.4 is 10.1 Å². The van der Waals surface area contributed by atoms with Crippen LogP contribution >= 0.6 is 0 Å². The summed E-state index contributed by atoms with van der Waals surface area (Å²) >= 11 is 0. The first-order valence-electron chi connectivity index (χ1n) is 7.26. The summed E-state index contributed by atoms with van der Waals surface area (Å²) in [5.41, 5.74) is 1.74. The normalized spacial score (nSPS) is 10.0. The Kier molecular flexibility index (Phi) is 5.72. The average molecular weight is 297 g/mol. The molecule has 2 rings (SSSR count).